The van der Waals surface area contributed by atoms with Gasteiger partial charge in [0.05, 0.1) is 19.3 Å². The van der Waals surface area contributed by atoms with Crippen LogP contribution in [0.2, 0.25) is 0 Å². The Morgan fingerprint density at radius 2 is 1.81 bits per heavy atom. The number of piperazine rings is 1. The van der Waals surface area contributed by atoms with Gasteiger partial charge in [0.2, 0.25) is 0 Å². The van der Waals surface area contributed by atoms with Crippen molar-refractivity contribution in [3.63, 3.8) is 0 Å². The van der Waals surface area contributed by atoms with E-state index < -0.39 is 6.10 Å². The zero-order valence-corrected chi connectivity index (χ0v) is 17.7. The maximum Gasteiger partial charge on any atom is 0.0900 e. The molecule has 0 aromatic heterocycles. The first-order chi connectivity index (χ1) is 12.9. The predicted molar refractivity (Wildman–Crippen MR) is 112 cm³/mol. The van der Waals surface area contributed by atoms with Crippen LogP contribution in [0.1, 0.15) is 35.1 Å². The molecule has 0 saturated carbocycles. The minimum atomic E-state index is -0.448. The fourth-order valence-electron chi connectivity index (χ4n) is 3.91. The zero-order chi connectivity index (χ0) is 19.4. The van der Waals surface area contributed by atoms with Crippen molar-refractivity contribution in [1.29, 1.82) is 0 Å². The number of benzene rings is 1. The van der Waals surface area contributed by atoms with Gasteiger partial charge in [0, 0.05) is 37.8 Å². The minimum Gasteiger partial charge on any atom is -0.389 e. The molecule has 27 heavy (non-hydrogen) atoms. The molecule has 1 aliphatic carbocycles. The summed E-state index contributed by atoms with van der Waals surface area (Å²) in [4.78, 5) is 4.63. The molecule has 3 rings (SSSR count). The molecule has 1 aromatic rings. The number of aryl methyl sites for hydroxylation is 3. The molecule has 1 saturated heterocycles. The molecule has 5 heteroatoms. The Bertz CT molecular complexity index is 681. The Kier molecular flexibility index (Phi) is 7.35. The SMILES string of the molecule is Cc1cc2c(cc1C)C(Cl)=C(COCC(O)CN1CCN(C)CC1)CCC2. The summed E-state index contributed by atoms with van der Waals surface area (Å²) in [6.45, 7) is 10.00. The van der Waals surface area contributed by atoms with E-state index in [0.29, 0.717) is 19.8 Å². The molecule has 1 unspecified atom stereocenters. The number of nitrogens with zero attached hydrogens (tertiary/aromatic N) is 2. The van der Waals surface area contributed by atoms with E-state index in [0.717, 1.165) is 61.6 Å². The largest absolute Gasteiger partial charge is 0.389 e. The standard InChI is InChI=1S/C22H33ClN2O2/c1-16-11-18-5-4-6-19(22(23)21(18)12-17(16)2)14-27-15-20(26)13-25-9-7-24(3)8-10-25/h11-12,20,26H,4-10,13-15H2,1-3H3. The summed E-state index contributed by atoms with van der Waals surface area (Å²) in [7, 11) is 2.14. The van der Waals surface area contributed by atoms with Crippen molar-refractivity contribution in [3.8, 4) is 0 Å². The van der Waals surface area contributed by atoms with Gasteiger partial charge >= 0.3 is 0 Å². The number of fused-ring (bicyclic) bond motifs is 1. The Morgan fingerprint density at radius 3 is 2.56 bits per heavy atom. The summed E-state index contributed by atoms with van der Waals surface area (Å²) >= 11 is 6.75. The van der Waals surface area contributed by atoms with E-state index in [-0.39, 0.29) is 0 Å². The van der Waals surface area contributed by atoms with Crippen LogP contribution < -0.4 is 0 Å². The molecular formula is C22H33ClN2O2. The summed E-state index contributed by atoms with van der Waals surface area (Å²) in [6.07, 6.45) is 2.66. The van der Waals surface area contributed by atoms with Crippen LogP contribution in [0.15, 0.2) is 17.7 Å². The Balaban J connectivity index is 1.54. The summed E-state index contributed by atoms with van der Waals surface area (Å²) in [5.41, 5.74) is 6.26. The second-order valence-electron chi connectivity index (χ2n) is 8.14. The van der Waals surface area contributed by atoms with E-state index in [4.69, 9.17) is 16.3 Å². The van der Waals surface area contributed by atoms with Crippen LogP contribution >= 0.6 is 11.6 Å². The summed E-state index contributed by atoms with van der Waals surface area (Å²) in [5.74, 6) is 0. The van der Waals surface area contributed by atoms with Gasteiger partial charge in [-0.2, -0.15) is 0 Å². The highest BCUT2D eigenvalue weighted by molar-refractivity contribution is 6.49. The number of likely N-dealkylation sites (N-methyl/N-ethyl adjacent to an activating group) is 1. The van der Waals surface area contributed by atoms with Gasteiger partial charge in [-0.15, -0.1) is 0 Å². The number of aliphatic hydroxyl groups is 1. The third kappa shape index (κ3) is 5.55. The molecule has 150 valence electrons. The molecule has 1 aliphatic heterocycles. The van der Waals surface area contributed by atoms with Gasteiger partial charge < -0.3 is 14.7 Å². The smallest absolute Gasteiger partial charge is 0.0900 e. The van der Waals surface area contributed by atoms with Crippen molar-refractivity contribution < 1.29 is 9.84 Å². The number of halogens is 1. The van der Waals surface area contributed by atoms with Crippen LogP contribution in [-0.4, -0.2) is 74.0 Å². The van der Waals surface area contributed by atoms with Gasteiger partial charge in [0.15, 0.2) is 0 Å². The lowest BCUT2D eigenvalue weighted by molar-refractivity contribution is 0.0150. The number of aliphatic hydroxyl groups excluding tert-OH is 1. The highest BCUT2D eigenvalue weighted by Crippen LogP contribution is 2.34. The highest BCUT2D eigenvalue weighted by Gasteiger charge is 2.19. The third-order valence-electron chi connectivity index (χ3n) is 5.84. The average Bonchev–Trinajstić information content (AvgIpc) is 2.77. The number of β-amino-alcohol motifs (C(OH)–C–C–N with tert-alkyl or cyclic N) is 1. The zero-order valence-electron chi connectivity index (χ0n) is 16.9. The second kappa shape index (κ2) is 9.53. The van der Waals surface area contributed by atoms with E-state index in [9.17, 15) is 5.11 Å². The maximum atomic E-state index is 10.3. The number of hydrogen-bond acceptors (Lipinski definition) is 4. The van der Waals surface area contributed by atoms with Gasteiger partial charge in [0.25, 0.3) is 0 Å². The first-order valence-electron chi connectivity index (χ1n) is 10.1. The summed E-state index contributed by atoms with van der Waals surface area (Å²) in [5, 5.41) is 11.2. The first-order valence-corrected chi connectivity index (χ1v) is 10.5. The molecule has 1 atom stereocenters. The van der Waals surface area contributed by atoms with Crippen LogP contribution in [0, 0.1) is 13.8 Å². The molecular weight excluding hydrogens is 360 g/mol. The van der Waals surface area contributed by atoms with Gasteiger partial charge in [0.1, 0.15) is 0 Å². The number of ether oxygens (including phenoxy) is 1. The van der Waals surface area contributed by atoms with Gasteiger partial charge in [-0.25, -0.2) is 0 Å². The lowest BCUT2D eigenvalue weighted by Gasteiger charge is -2.33. The topological polar surface area (TPSA) is 35.9 Å². The molecule has 0 spiro atoms. The molecule has 1 heterocycles. The van der Waals surface area contributed by atoms with Crippen molar-refractivity contribution >= 4 is 16.6 Å². The van der Waals surface area contributed by atoms with Gasteiger partial charge in [-0.05, 0) is 68.0 Å². The van der Waals surface area contributed by atoms with Gasteiger partial charge in [-0.3, -0.25) is 4.90 Å². The molecule has 4 nitrogen and oxygen atoms in total. The lowest BCUT2D eigenvalue weighted by atomic mass is 9.98. The maximum absolute atomic E-state index is 10.3. The van der Waals surface area contributed by atoms with E-state index in [1.54, 1.807) is 0 Å². The molecule has 1 N–H and O–H groups in total. The molecule has 2 aliphatic rings. The molecule has 0 radical (unpaired) electrons. The van der Waals surface area contributed by atoms with Crippen molar-refractivity contribution in [1.82, 2.24) is 9.80 Å². The quantitative estimate of drug-likeness (QED) is 0.806. The summed E-state index contributed by atoms with van der Waals surface area (Å²) in [6, 6.07) is 4.48. The second-order valence-corrected chi connectivity index (χ2v) is 8.52. The molecule has 0 bridgehead atoms. The molecule has 1 aromatic carbocycles. The number of hydrogen-bond donors (Lipinski definition) is 1. The van der Waals surface area contributed by atoms with Crippen molar-refractivity contribution in [2.24, 2.45) is 0 Å². The Morgan fingerprint density at radius 1 is 1.11 bits per heavy atom. The van der Waals surface area contributed by atoms with Gasteiger partial charge in [-0.1, -0.05) is 23.7 Å². The monoisotopic (exact) mass is 392 g/mol. The van der Waals surface area contributed by atoms with Crippen molar-refractivity contribution in [2.45, 2.75) is 39.2 Å². The molecule has 1 fully saturated rings. The van der Waals surface area contributed by atoms with E-state index >= 15 is 0 Å². The van der Waals surface area contributed by atoms with Crippen LogP contribution in [0.4, 0.5) is 0 Å². The van der Waals surface area contributed by atoms with Crippen LogP contribution in [0.5, 0.6) is 0 Å². The Hall–Kier alpha value is -0.910. The van der Waals surface area contributed by atoms with Crippen LogP contribution in [-0.2, 0) is 11.2 Å². The fraction of sp³-hybridized carbons (Fsp3) is 0.636. The molecule has 0 amide bonds. The van der Waals surface area contributed by atoms with Crippen molar-refractivity contribution in [2.75, 3.05) is 53.0 Å². The normalized spacial score (nSPS) is 20.5. The van der Waals surface area contributed by atoms with Crippen molar-refractivity contribution in [3.05, 3.63) is 40.0 Å². The van der Waals surface area contributed by atoms with E-state index in [1.165, 1.54) is 16.7 Å². The first kappa shape index (κ1) is 20.8. The predicted octanol–water partition coefficient (Wildman–Crippen LogP) is 3.21. The minimum absolute atomic E-state index is 0.361. The third-order valence-corrected chi connectivity index (χ3v) is 6.31. The average molecular weight is 393 g/mol. The Labute approximate surface area is 168 Å². The lowest BCUT2D eigenvalue weighted by Crippen LogP contribution is -2.47. The van der Waals surface area contributed by atoms with Crippen LogP contribution in [0.3, 0.4) is 0 Å². The van der Waals surface area contributed by atoms with E-state index in [1.807, 2.05) is 0 Å². The number of rotatable bonds is 6. The highest BCUT2D eigenvalue weighted by atomic mass is 35.5. The fourth-order valence-corrected chi connectivity index (χ4v) is 4.24. The summed E-state index contributed by atoms with van der Waals surface area (Å²) < 4.78 is 5.86. The van der Waals surface area contributed by atoms with E-state index in [2.05, 4.69) is 42.8 Å². The van der Waals surface area contributed by atoms with Crippen LogP contribution in [0.25, 0.3) is 5.03 Å².